The smallest absolute Gasteiger partial charge is 0.318 e. The highest BCUT2D eigenvalue weighted by Crippen LogP contribution is 2.24. The number of hydrogen-bond acceptors (Lipinski definition) is 4. The third kappa shape index (κ3) is 3.91. The monoisotopic (exact) mass is 277 g/mol. The zero-order valence-electron chi connectivity index (χ0n) is 12.1. The molecule has 0 fully saturated rings. The van der Waals surface area contributed by atoms with Crippen LogP contribution >= 0.6 is 0 Å². The molecule has 0 spiro atoms. The number of hydrogen-bond donors (Lipinski definition) is 1. The quantitative estimate of drug-likeness (QED) is 0.654. The summed E-state index contributed by atoms with van der Waals surface area (Å²) in [6, 6.07) is 6.57. The lowest BCUT2D eigenvalue weighted by Crippen LogP contribution is -2.39. The first-order chi connectivity index (χ1) is 9.36. The second-order valence-electron chi connectivity index (χ2n) is 4.70. The van der Waals surface area contributed by atoms with E-state index in [1.165, 1.54) is 21.0 Å². The molecule has 20 heavy (non-hydrogen) atoms. The largest absolute Gasteiger partial charge is 0.468 e. The van der Waals surface area contributed by atoms with E-state index < -0.39 is 17.9 Å². The van der Waals surface area contributed by atoms with Gasteiger partial charge in [-0.25, -0.2) is 0 Å². The zero-order chi connectivity index (χ0) is 15.3. The van der Waals surface area contributed by atoms with E-state index in [0.717, 1.165) is 5.56 Å². The molecule has 1 aromatic rings. The molecule has 0 aromatic heterocycles. The van der Waals surface area contributed by atoms with Gasteiger partial charge in [0.25, 0.3) is 0 Å². The average Bonchev–Trinajstić information content (AvgIpc) is 2.37. The Kier molecular flexibility index (Phi) is 5.43. The number of rotatable bonds is 5. The molecule has 0 saturated heterocycles. The summed E-state index contributed by atoms with van der Waals surface area (Å²) in [4.78, 5) is 34.9. The minimum atomic E-state index is -1.05. The number of Topliss-reactive ketones (excluding diaryl/α,β-unsaturated/α-hetero) is 1. The summed E-state index contributed by atoms with van der Waals surface area (Å²) >= 11 is 0. The van der Waals surface area contributed by atoms with Crippen LogP contribution in [-0.4, -0.2) is 24.8 Å². The van der Waals surface area contributed by atoms with Crippen molar-refractivity contribution in [2.24, 2.45) is 5.92 Å². The molecule has 5 nitrogen and oxygen atoms in total. The lowest BCUT2D eigenvalue weighted by atomic mass is 9.89. The van der Waals surface area contributed by atoms with Crippen LogP contribution in [0.5, 0.6) is 0 Å². The number of nitrogens with one attached hydrogen (secondary N) is 1. The maximum atomic E-state index is 11.8. The fourth-order valence-corrected chi connectivity index (χ4v) is 2.02. The lowest BCUT2D eigenvalue weighted by molar-refractivity contribution is -0.150. The highest BCUT2D eigenvalue weighted by atomic mass is 16.5. The minimum absolute atomic E-state index is 0.314. The van der Waals surface area contributed by atoms with Crippen molar-refractivity contribution in [2.45, 2.75) is 26.8 Å². The normalized spacial score (nSPS) is 13.2. The van der Waals surface area contributed by atoms with Crippen LogP contribution in [0.2, 0.25) is 0 Å². The molecule has 0 radical (unpaired) electrons. The number of methoxy groups -OCH3 is 1. The third-order valence-electron chi connectivity index (χ3n) is 3.02. The summed E-state index contributed by atoms with van der Waals surface area (Å²) in [7, 11) is 1.22. The van der Waals surface area contributed by atoms with Gasteiger partial charge in [0.15, 0.2) is 0 Å². The first-order valence-corrected chi connectivity index (χ1v) is 6.28. The van der Waals surface area contributed by atoms with Crippen LogP contribution in [0.3, 0.4) is 0 Å². The Morgan fingerprint density at radius 2 is 1.65 bits per heavy atom. The number of ether oxygens (including phenoxy) is 1. The van der Waals surface area contributed by atoms with E-state index in [1.807, 2.05) is 19.1 Å². The van der Waals surface area contributed by atoms with Gasteiger partial charge in [0.1, 0.15) is 11.7 Å². The molecule has 2 unspecified atom stereocenters. The predicted molar refractivity (Wildman–Crippen MR) is 73.9 cm³/mol. The Hall–Kier alpha value is -2.17. The molecule has 0 aliphatic heterocycles. The van der Waals surface area contributed by atoms with Crippen LogP contribution in [-0.2, 0) is 19.1 Å². The summed E-state index contributed by atoms with van der Waals surface area (Å²) in [6.45, 7) is 4.58. The van der Waals surface area contributed by atoms with Crippen molar-refractivity contribution in [3.8, 4) is 0 Å². The maximum absolute atomic E-state index is 11.8. The van der Waals surface area contributed by atoms with Gasteiger partial charge in [0.05, 0.1) is 13.2 Å². The third-order valence-corrected chi connectivity index (χ3v) is 3.02. The first-order valence-electron chi connectivity index (χ1n) is 6.28. The molecule has 0 saturated carbocycles. The summed E-state index contributed by atoms with van der Waals surface area (Å²) in [5, 5.41) is 2.65. The maximum Gasteiger partial charge on any atom is 0.318 e. The highest BCUT2D eigenvalue weighted by Gasteiger charge is 2.35. The Labute approximate surface area is 118 Å². The number of esters is 1. The second-order valence-corrected chi connectivity index (χ2v) is 4.70. The van der Waals surface area contributed by atoms with Gasteiger partial charge >= 0.3 is 5.97 Å². The SMILES string of the molecule is COC(=O)C(C(C)=O)C(NC(C)=O)c1ccc(C)cc1. The summed E-state index contributed by atoms with van der Waals surface area (Å²) in [5.74, 6) is -2.37. The standard InChI is InChI=1S/C15H19NO4/c1-9-5-7-12(8-6-9)14(16-11(3)18)13(10(2)17)15(19)20-4/h5-8,13-14H,1-4H3,(H,16,18). The van der Waals surface area contributed by atoms with Crippen molar-refractivity contribution < 1.29 is 19.1 Å². The van der Waals surface area contributed by atoms with E-state index in [4.69, 9.17) is 0 Å². The molecule has 2 atom stereocenters. The number of aryl methyl sites for hydroxylation is 1. The molecular weight excluding hydrogens is 258 g/mol. The van der Waals surface area contributed by atoms with E-state index in [9.17, 15) is 14.4 Å². The Balaban J connectivity index is 3.21. The molecule has 108 valence electrons. The van der Waals surface area contributed by atoms with E-state index in [1.54, 1.807) is 12.1 Å². The predicted octanol–water partition coefficient (Wildman–Crippen LogP) is 1.55. The Bertz CT molecular complexity index is 507. The number of ketones is 1. The topological polar surface area (TPSA) is 72.5 Å². The summed E-state index contributed by atoms with van der Waals surface area (Å²) < 4.78 is 4.67. The zero-order valence-corrected chi connectivity index (χ0v) is 12.1. The Morgan fingerprint density at radius 3 is 2.05 bits per heavy atom. The number of benzene rings is 1. The fraction of sp³-hybridized carbons (Fsp3) is 0.400. The van der Waals surface area contributed by atoms with Gasteiger partial charge in [-0.05, 0) is 19.4 Å². The number of amides is 1. The number of carbonyl (C=O) groups excluding carboxylic acids is 3. The average molecular weight is 277 g/mol. The molecule has 5 heteroatoms. The molecular formula is C15H19NO4. The van der Waals surface area contributed by atoms with E-state index >= 15 is 0 Å². The lowest BCUT2D eigenvalue weighted by Gasteiger charge is -2.24. The molecule has 1 aromatic carbocycles. The molecule has 1 rings (SSSR count). The van der Waals surface area contributed by atoms with Crippen molar-refractivity contribution >= 4 is 17.7 Å². The van der Waals surface area contributed by atoms with Crippen LogP contribution in [0.25, 0.3) is 0 Å². The highest BCUT2D eigenvalue weighted by molar-refractivity contribution is 5.99. The molecule has 0 bridgehead atoms. The van der Waals surface area contributed by atoms with Gasteiger partial charge in [-0.15, -0.1) is 0 Å². The van der Waals surface area contributed by atoms with Gasteiger partial charge < -0.3 is 10.1 Å². The summed E-state index contributed by atoms with van der Waals surface area (Å²) in [5.41, 5.74) is 1.74. The van der Waals surface area contributed by atoms with Gasteiger partial charge in [0.2, 0.25) is 5.91 Å². The van der Waals surface area contributed by atoms with E-state index in [0.29, 0.717) is 5.56 Å². The van der Waals surface area contributed by atoms with Gasteiger partial charge in [-0.1, -0.05) is 29.8 Å². The molecule has 0 heterocycles. The molecule has 1 N–H and O–H groups in total. The molecule has 0 aliphatic rings. The summed E-state index contributed by atoms with van der Waals surface area (Å²) in [6.07, 6.45) is 0. The van der Waals surface area contributed by atoms with Crippen molar-refractivity contribution in [2.75, 3.05) is 7.11 Å². The minimum Gasteiger partial charge on any atom is -0.468 e. The van der Waals surface area contributed by atoms with Gasteiger partial charge in [-0.2, -0.15) is 0 Å². The first kappa shape index (κ1) is 15.9. The van der Waals surface area contributed by atoms with Crippen LogP contribution in [0.1, 0.15) is 31.0 Å². The fourth-order valence-electron chi connectivity index (χ4n) is 2.02. The van der Waals surface area contributed by atoms with Crippen molar-refractivity contribution in [3.05, 3.63) is 35.4 Å². The van der Waals surface area contributed by atoms with Crippen LogP contribution in [0.15, 0.2) is 24.3 Å². The van der Waals surface area contributed by atoms with Crippen LogP contribution in [0.4, 0.5) is 0 Å². The van der Waals surface area contributed by atoms with Crippen LogP contribution < -0.4 is 5.32 Å². The van der Waals surface area contributed by atoms with Gasteiger partial charge in [0, 0.05) is 6.92 Å². The Morgan fingerprint density at radius 1 is 1.10 bits per heavy atom. The van der Waals surface area contributed by atoms with Crippen molar-refractivity contribution in [1.82, 2.24) is 5.32 Å². The van der Waals surface area contributed by atoms with Crippen molar-refractivity contribution in [3.63, 3.8) is 0 Å². The van der Waals surface area contributed by atoms with E-state index in [2.05, 4.69) is 10.1 Å². The van der Waals surface area contributed by atoms with E-state index in [-0.39, 0.29) is 11.7 Å². The second kappa shape index (κ2) is 6.84. The number of carbonyl (C=O) groups is 3. The molecule has 0 aliphatic carbocycles. The molecule has 1 amide bonds. The van der Waals surface area contributed by atoms with Crippen LogP contribution in [0, 0.1) is 12.8 Å². The van der Waals surface area contributed by atoms with Crippen molar-refractivity contribution in [1.29, 1.82) is 0 Å². The van der Waals surface area contributed by atoms with Gasteiger partial charge in [-0.3, -0.25) is 14.4 Å².